The van der Waals surface area contributed by atoms with Crippen LogP contribution in [0.5, 0.6) is 0 Å². The normalized spacial score (nSPS) is 20.9. The number of ether oxygens (including phenoxy) is 1. The van der Waals surface area contributed by atoms with Crippen LogP contribution in [0.4, 0.5) is 0 Å². The van der Waals surface area contributed by atoms with Crippen molar-refractivity contribution in [2.45, 2.75) is 51.6 Å². The molecule has 1 aliphatic carbocycles. The van der Waals surface area contributed by atoms with E-state index in [0.29, 0.717) is 12.8 Å². The lowest BCUT2D eigenvalue weighted by Gasteiger charge is -2.34. The maximum Gasteiger partial charge on any atom is 0.306 e. The molecule has 1 aliphatic rings. The summed E-state index contributed by atoms with van der Waals surface area (Å²) in [6.45, 7) is 3.98. The highest BCUT2D eigenvalue weighted by Gasteiger charge is 2.33. The number of esters is 1. The van der Waals surface area contributed by atoms with Crippen LogP contribution >= 0.6 is 0 Å². The van der Waals surface area contributed by atoms with Gasteiger partial charge in [-0.05, 0) is 51.0 Å². The number of hydrogen-bond acceptors (Lipinski definition) is 3. The first-order valence-electron chi connectivity index (χ1n) is 8.05. The smallest absolute Gasteiger partial charge is 0.306 e. The predicted octanol–water partition coefficient (Wildman–Crippen LogP) is 3.66. The molecule has 0 spiro atoms. The molecular weight excluding hydrogens is 276 g/mol. The Hall–Kier alpha value is -1.61. The van der Waals surface area contributed by atoms with Crippen molar-refractivity contribution >= 4 is 5.97 Å². The zero-order valence-electron chi connectivity index (χ0n) is 13.5. The third-order valence-corrected chi connectivity index (χ3v) is 4.50. The summed E-state index contributed by atoms with van der Waals surface area (Å²) in [5, 5.41) is 10.6. The van der Waals surface area contributed by atoms with Crippen molar-refractivity contribution in [1.82, 2.24) is 0 Å². The van der Waals surface area contributed by atoms with E-state index in [4.69, 9.17) is 4.74 Å². The molecule has 0 saturated carbocycles. The Morgan fingerprint density at radius 3 is 2.73 bits per heavy atom. The minimum Gasteiger partial charge on any atom is -0.463 e. The number of aliphatic hydroxyl groups is 1. The van der Waals surface area contributed by atoms with Gasteiger partial charge in [-0.3, -0.25) is 4.79 Å². The molecule has 3 nitrogen and oxygen atoms in total. The van der Waals surface area contributed by atoms with Crippen molar-refractivity contribution in [3.8, 4) is 0 Å². The van der Waals surface area contributed by atoms with E-state index in [1.165, 1.54) is 5.57 Å². The lowest BCUT2D eigenvalue weighted by atomic mass is 9.79. The highest BCUT2D eigenvalue weighted by atomic mass is 16.5. The van der Waals surface area contributed by atoms with E-state index in [1.807, 2.05) is 30.3 Å². The van der Waals surface area contributed by atoms with Crippen LogP contribution in [0, 0.1) is 5.92 Å². The summed E-state index contributed by atoms with van der Waals surface area (Å²) < 4.78 is 5.30. The minimum atomic E-state index is -0.945. The maximum absolute atomic E-state index is 11.9. The Labute approximate surface area is 133 Å². The molecular formula is C19H26O3. The molecule has 1 aromatic carbocycles. The predicted molar refractivity (Wildman–Crippen MR) is 87.4 cm³/mol. The molecule has 0 heterocycles. The van der Waals surface area contributed by atoms with Gasteiger partial charge in [-0.25, -0.2) is 0 Å². The number of allylic oxidation sites excluding steroid dienone is 2. The van der Waals surface area contributed by atoms with E-state index in [0.717, 1.165) is 24.8 Å². The highest BCUT2D eigenvalue weighted by molar-refractivity contribution is 5.69. The fourth-order valence-corrected chi connectivity index (χ4v) is 2.84. The summed E-state index contributed by atoms with van der Waals surface area (Å²) in [6.07, 6.45) is 6.04. The number of carbonyl (C=O) groups excluding carboxylic acids is 1. The van der Waals surface area contributed by atoms with Gasteiger partial charge in [-0.15, -0.1) is 0 Å². The summed E-state index contributed by atoms with van der Waals surface area (Å²) in [5.41, 5.74) is 1.56. The molecule has 0 aromatic heterocycles. The number of benzene rings is 1. The molecule has 1 unspecified atom stereocenters. The lowest BCUT2D eigenvalue weighted by Crippen LogP contribution is -2.40. The second-order valence-electron chi connectivity index (χ2n) is 6.53. The largest absolute Gasteiger partial charge is 0.463 e. The van der Waals surface area contributed by atoms with Gasteiger partial charge in [0.2, 0.25) is 0 Å². The van der Waals surface area contributed by atoms with E-state index >= 15 is 0 Å². The van der Waals surface area contributed by atoms with Crippen molar-refractivity contribution < 1.29 is 14.6 Å². The van der Waals surface area contributed by atoms with Gasteiger partial charge in [0.1, 0.15) is 6.61 Å². The molecule has 22 heavy (non-hydrogen) atoms. The van der Waals surface area contributed by atoms with Gasteiger partial charge in [0, 0.05) is 6.42 Å². The molecule has 0 fully saturated rings. The molecule has 3 heteroatoms. The van der Waals surface area contributed by atoms with Gasteiger partial charge >= 0.3 is 5.97 Å². The highest BCUT2D eigenvalue weighted by Crippen LogP contribution is 2.32. The number of aryl methyl sites for hydroxylation is 1. The number of hydrogen-bond donors (Lipinski definition) is 1. The number of carbonyl (C=O) groups is 1. The van der Waals surface area contributed by atoms with Crippen molar-refractivity contribution in [2.75, 3.05) is 6.61 Å². The van der Waals surface area contributed by atoms with E-state index in [9.17, 15) is 9.90 Å². The van der Waals surface area contributed by atoms with E-state index < -0.39 is 5.60 Å². The Balaban J connectivity index is 1.75. The molecule has 1 aromatic rings. The topological polar surface area (TPSA) is 46.5 Å². The Morgan fingerprint density at radius 1 is 1.36 bits per heavy atom. The summed E-state index contributed by atoms with van der Waals surface area (Å²) in [6, 6.07) is 9.88. The molecule has 2 atom stereocenters. The van der Waals surface area contributed by atoms with E-state index in [2.05, 4.69) is 13.0 Å². The van der Waals surface area contributed by atoms with Gasteiger partial charge in [0.15, 0.2) is 0 Å². The Bertz CT molecular complexity index is 517. The van der Waals surface area contributed by atoms with Gasteiger partial charge in [-0.1, -0.05) is 42.0 Å². The van der Waals surface area contributed by atoms with Crippen molar-refractivity contribution in [3.05, 3.63) is 47.5 Å². The lowest BCUT2D eigenvalue weighted by molar-refractivity contribution is -0.154. The van der Waals surface area contributed by atoms with Crippen LogP contribution in [0.25, 0.3) is 0 Å². The first-order chi connectivity index (χ1) is 10.5. The average molecular weight is 302 g/mol. The third kappa shape index (κ3) is 4.99. The maximum atomic E-state index is 11.9. The molecule has 0 aliphatic heterocycles. The van der Waals surface area contributed by atoms with Crippen LogP contribution in [0.3, 0.4) is 0 Å². The van der Waals surface area contributed by atoms with E-state index in [1.54, 1.807) is 6.92 Å². The van der Waals surface area contributed by atoms with Crippen LogP contribution in [0.1, 0.15) is 45.1 Å². The Morgan fingerprint density at radius 2 is 2.09 bits per heavy atom. The second-order valence-corrected chi connectivity index (χ2v) is 6.53. The van der Waals surface area contributed by atoms with Crippen LogP contribution in [0.2, 0.25) is 0 Å². The van der Waals surface area contributed by atoms with Crippen molar-refractivity contribution in [2.24, 2.45) is 5.92 Å². The minimum absolute atomic E-state index is 0.0815. The summed E-state index contributed by atoms with van der Waals surface area (Å²) in [4.78, 5) is 11.9. The van der Waals surface area contributed by atoms with E-state index in [-0.39, 0.29) is 18.5 Å². The molecule has 0 saturated heterocycles. The quantitative estimate of drug-likeness (QED) is 0.644. The van der Waals surface area contributed by atoms with Crippen LogP contribution in [-0.2, 0) is 16.0 Å². The Kier molecular flexibility index (Phi) is 5.78. The average Bonchev–Trinajstić information content (AvgIpc) is 2.52. The molecule has 0 radical (unpaired) electrons. The van der Waals surface area contributed by atoms with Gasteiger partial charge in [-0.2, -0.15) is 0 Å². The van der Waals surface area contributed by atoms with Crippen molar-refractivity contribution in [3.63, 3.8) is 0 Å². The monoisotopic (exact) mass is 302 g/mol. The zero-order valence-corrected chi connectivity index (χ0v) is 13.5. The molecule has 1 N–H and O–H groups in total. The van der Waals surface area contributed by atoms with Crippen LogP contribution < -0.4 is 0 Å². The van der Waals surface area contributed by atoms with Crippen LogP contribution in [0.15, 0.2) is 42.0 Å². The fraction of sp³-hybridized carbons (Fsp3) is 0.526. The van der Waals surface area contributed by atoms with Gasteiger partial charge in [0.05, 0.1) is 5.60 Å². The summed E-state index contributed by atoms with van der Waals surface area (Å²) >= 11 is 0. The van der Waals surface area contributed by atoms with Crippen LogP contribution in [-0.4, -0.2) is 23.3 Å². The standard InChI is InChI=1S/C19H26O3/c1-15-8-11-17(12-9-15)19(2,21)14-22-18(20)13-10-16-6-4-3-5-7-16/h3-8,17,21H,9-14H2,1-2H3/t17-,19?/m0/s1. The van der Waals surface area contributed by atoms with Gasteiger partial charge < -0.3 is 9.84 Å². The second kappa shape index (κ2) is 7.59. The fourth-order valence-electron chi connectivity index (χ4n) is 2.84. The SMILES string of the molecule is CC1=CC[C@H](C(C)(O)COC(=O)CCc2ccccc2)CC1. The molecule has 2 rings (SSSR count). The summed E-state index contributed by atoms with van der Waals surface area (Å²) in [5.74, 6) is -0.0789. The first-order valence-corrected chi connectivity index (χ1v) is 8.05. The molecule has 0 amide bonds. The summed E-state index contributed by atoms with van der Waals surface area (Å²) in [7, 11) is 0. The van der Waals surface area contributed by atoms with Crippen molar-refractivity contribution in [1.29, 1.82) is 0 Å². The number of rotatable bonds is 6. The zero-order chi connectivity index (χ0) is 16.0. The third-order valence-electron chi connectivity index (χ3n) is 4.50. The van der Waals surface area contributed by atoms with Gasteiger partial charge in [0.25, 0.3) is 0 Å². The molecule has 120 valence electrons. The first kappa shape index (κ1) is 16.8. The molecule has 0 bridgehead atoms.